The van der Waals surface area contributed by atoms with Gasteiger partial charge in [0.1, 0.15) is 0 Å². The first-order valence-electron chi connectivity index (χ1n) is 6.95. The molecule has 0 saturated carbocycles. The fourth-order valence-corrected chi connectivity index (χ4v) is 2.73. The zero-order valence-corrected chi connectivity index (χ0v) is 13.2. The van der Waals surface area contributed by atoms with Crippen molar-refractivity contribution in [3.8, 4) is 0 Å². The number of hydrogen-bond donors (Lipinski definition) is 1. The van der Waals surface area contributed by atoms with Crippen molar-refractivity contribution in [3.63, 3.8) is 0 Å². The quantitative estimate of drug-likeness (QED) is 0.760. The van der Waals surface area contributed by atoms with Gasteiger partial charge in [-0.3, -0.25) is 0 Å². The second-order valence-electron chi connectivity index (χ2n) is 4.65. The van der Waals surface area contributed by atoms with E-state index in [4.69, 9.17) is 4.74 Å². The molecular weight excluding hydrogens is 272 g/mol. The Kier molecular flexibility index (Phi) is 5.55. The van der Waals surface area contributed by atoms with Gasteiger partial charge in [-0.05, 0) is 27.2 Å². The Morgan fingerprint density at radius 3 is 2.95 bits per heavy atom. The van der Waals surface area contributed by atoms with Crippen molar-refractivity contribution >= 4 is 17.3 Å². The summed E-state index contributed by atoms with van der Waals surface area (Å²) in [6.07, 6.45) is 4.99. The molecule has 0 unspecified atom stereocenters. The Bertz CT molecular complexity index is 535. The molecule has 2 heterocycles. The van der Waals surface area contributed by atoms with Crippen molar-refractivity contribution in [2.75, 3.05) is 18.5 Å². The van der Waals surface area contributed by atoms with E-state index in [9.17, 15) is 0 Å². The zero-order valence-electron chi connectivity index (χ0n) is 12.3. The molecule has 0 atom stereocenters. The highest BCUT2D eigenvalue weighted by Crippen LogP contribution is 2.15. The van der Waals surface area contributed by atoms with Gasteiger partial charge in [-0.15, -0.1) is 11.3 Å². The molecule has 5 nitrogen and oxygen atoms in total. The van der Waals surface area contributed by atoms with E-state index in [-0.39, 0.29) is 0 Å². The largest absolute Gasteiger partial charge is 0.382 e. The zero-order chi connectivity index (χ0) is 14.4. The van der Waals surface area contributed by atoms with Crippen molar-refractivity contribution in [2.45, 2.75) is 40.3 Å². The van der Waals surface area contributed by atoms with Crippen molar-refractivity contribution < 1.29 is 4.74 Å². The molecule has 0 bridgehead atoms. The van der Waals surface area contributed by atoms with E-state index in [1.807, 2.05) is 27.0 Å². The van der Waals surface area contributed by atoms with Gasteiger partial charge in [0.15, 0.2) is 0 Å². The Hall–Kier alpha value is -1.40. The number of nitrogens with zero attached hydrogens (tertiary/aromatic N) is 3. The van der Waals surface area contributed by atoms with Gasteiger partial charge in [-0.1, -0.05) is 0 Å². The molecule has 0 amide bonds. The number of anilines is 1. The van der Waals surface area contributed by atoms with Crippen molar-refractivity contribution in [1.82, 2.24) is 14.5 Å². The maximum Gasteiger partial charge on any atom is 0.203 e. The minimum atomic E-state index is 0.771. The third-order valence-electron chi connectivity index (χ3n) is 2.88. The average molecular weight is 294 g/mol. The van der Waals surface area contributed by atoms with Crippen LogP contribution in [0, 0.1) is 13.8 Å². The minimum Gasteiger partial charge on any atom is -0.382 e. The summed E-state index contributed by atoms with van der Waals surface area (Å²) in [5.41, 5.74) is 1.03. The number of aryl methyl sites for hydroxylation is 3. The Morgan fingerprint density at radius 1 is 1.40 bits per heavy atom. The van der Waals surface area contributed by atoms with Crippen molar-refractivity contribution in [2.24, 2.45) is 0 Å². The normalized spacial score (nSPS) is 10.9. The van der Waals surface area contributed by atoms with E-state index in [1.54, 1.807) is 11.3 Å². The van der Waals surface area contributed by atoms with E-state index in [0.29, 0.717) is 0 Å². The van der Waals surface area contributed by atoms with Gasteiger partial charge < -0.3 is 14.6 Å². The van der Waals surface area contributed by atoms with Gasteiger partial charge >= 0.3 is 0 Å². The van der Waals surface area contributed by atoms with Gasteiger partial charge in [-0.2, -0.15) is 0 Å². The summed E-state index contributed by atoms with van der Waals surface area (Å²) in [5.74, 6) is 0.921. The fraction of sp³-hybridized carbons (Fsp3) is 0.571. The molecule has 2 aromatic heterocycles. The van der Waals surface area contributed by atoms with Crippen molar-refractivity contribution in [1.29, 1.82) is 0 Å². The van der Waals surface area contributed by atoms with Crippen LogP contribution in [0.15, 0.2) is 12.4 Å². The van der Waals surface area contributed by atoms with Crippen molar-refractivity contribution in [3.05, 3.63) is 28.0 Å². The smallest absolute Gasteiger partial charge is 0.203 e. The van der Waals surface area contributed by atoms with Crippen LogP contribution in [0.2, 0.25) is 0 Å². The molecule has 20 heavy (non-hydrogen) atoms. The SMILES string of the molecule is CCOCCCn1cc(C)nc1NCc1cnc(C)s1. The molecule has 0 saturated heterocycles. The Morgan fingerprint density at radius 2 is 2.25 bits per heavy atom. The van der Waals surface area contributed by atoms with Gasteiger partial charge in [0, 0.05) is 37.0 Å². The first-order valence-corrected chi connectivity index (χ1v) is 7.77. The highest BCUT2D eigenvalue weighted by atomic mass is 32.1. The summed E-state index contributed by atoms with van der Waals surface area (Å²) in [6, 6.07) is 0. The maximum absolute atomic E-state index is 5.37. The van der Waals surface area contributed by atoms with Crippen LogP contribution >= 0.6 is 11.3 Å². The van der Waals surface area contributed by atoms with Crippen LogP contribution in [0.3, 0.4) is 0 Å². The number of rotatable bonds is 8. The summed E-state index contributed by atoms with van der Waals surface area (Å²) in [5, 5.41) is 4.48. The summed E-state index contributed by atoms with van der Waals surface area (Å²) < 4.78 is 7.53. The predicted octanol–water partition coefficient (Wildman–Crippen LogP) is 3.00. The number of nitrogens with one attached hydrogen (secondary N) is 1. The van der Waals surface area contributed by atoms with Gasteiger partial charge in [0.2, 0.25) is 5.95 Å². The average Bonchev–Trinajstić information content (AvgIpc) is 2.98. The number of hydrogen-bond acceptors (Lipinski definition) is 5. The summed E-state index contributed by atoms with van der Waals surface area (Å²) in [7, 11) is 0. The second kappa shape index (κ2) is 7.40. The monoisotopic (exact) mass is 294 g/mol. The molecule has 1 N–H and O–H groups in total. The number of imidazole rings is 1. The van der Waals surface area contributed by atoms with E-state index in [2.05, 4.69) is 26.0 Å². The number of thiazole rings is 1. The highest BCUT2D eigenvalue weighted by molar-refractivity contribution is 7.11. The molecule has 6 heteroatoms. The highest BCUT2D eigenvalue weighted by Gasteiger charge is 2.06. The van der Waals surface area contributed by atoms with Crippen LogP contribution in [-0.2, 0) is 17.8 Å². The summed E-state index contributed by atoms with van der Waals surface area (Å²) in [6.45, 7) is 9.32. The second-order valence-corrected chi connectivity index (χ2v) is 5.97. The molecule has 0 radical (unpaired) electrons. The fourth-order valence-electron chi connectivity index (χ4n) is 1.99. The van der Waals surface area contributed by atoms with Crippen LogP contribution in [-0.4, -0.2) is 27.7 Å². The molecule has 0 aliphatic carbocycles. The molecule has 0 fully saturated rings. The lowest BCUT2D eigenvalue weighted by atomic mass is 10.4. The summed E-state index contributed by atoms with van der Waals surface area (Å²) >= 11 is 1.71. The molecule has 110 valence electrons. The van der Waals surface area contributed by atoms with Gasteiger partial charge in [0.25, 0.3) is 0 Å². The molecule has 0 aliphatic rings. The molecule has 2 rings (SSSR count). The lowest BCUT2D eigenvalue weighted by Crippen LogP contribution is -2.08. The number of aromatic nitrogens is 3. The van der Waals surface area contributed by atoms with Crippen LogP contribution in [0.25, 0.3) is 0 Å². The Labute approximate surface area is 124 Å². The van der Waals surface area contributed by atoms with E-state index in [1.165, 1.54) is 4.88 Å². The van der Waals surface area contributed by atoms with E-state index < -0.39 is 0 Å². The maximum atomic E-state index is 5.37. The molecular formula is C14H22N4OS. The van der Waals surface area contributed by atoms with Crippen LogP contribution < -0.4 is 5.32 Å². The molecule has 2 aromatic rings. The van der Waals surface area contributed by atoms with Crippen LogP contribution in [0.4, 0.5) is 5.95 Å². The predicted molar refractivity (Wildman–Crippen MR) is 82.3 cm³/mol. The molecule has 0 aromatic carbocycles. The first-order chi connectivity index (χ1) is 9.69. The number of ether oxygens (including phenoxy) is 1. The standard InChI is InChI=1S/C14H22N4OS/c1-4-19-7-5-6-18-10-11(2)17-14(18)16-9-13-8-15-12(3)20-13/h8,10H,4-7,9H2,1-3H3,(H,16,17). The van der Waals surface area contributed by atoms with Gasteiger partial charge in [-0.25, -0.2) is 9.97 Å². The van der Waals surface area contributed by atoms with Gasteiger partial charge in [0.05, 0.1) is 17.2 Å². The first kappa shape index (κ1) is 15.0. The lowest BCUT2D eigenvalue weighted by Gasteiger charge is -2.08. The molecule has 0 aliphatic heterocycles. The van der Waals surface area contributed by atoms with E-state index in [0.717, 1.165) is 49.4 Å². The Balaban J connectivity index is 1.89. The third-order valence-corrected chi connectivity index (χ3v) is 3.79. The van der Waals surface area contributed by atoms with E-state index >= 15 is 0 Å². The summed E-state index contributed by atoms with van der Waals surface area (Å²) in [4.78, 5) is 10.0. The molecule has 0 spiro atoms. The third kappa shape index (κ3) is 4.31. The van der Waals surface area contributed by atoms with Crippen LogP contribution in [0.1, 0.15) is 28.9 Å². The topological polar surface area (TPSA) is 52.0 Å². The van der Waals surface area contributed by atoms with Crippen LogP contribution in [0.5, 0.6) is 0 Å². The minimum absolute atomic E-state index is 0.771. The lowest BCUT2D eigenvalue weighted by molar-refractivity contribution is 0.142.